The van der Waals surface area contributed by atoms with Gasteiger partial charge in [-0.05, 0) is 31.0 Å². The Kier molecular flexibility index (Phi) is 5.54. The number of fused-ring (bicyclic) bond motifs is 1. The summed E-state index contributed by atoms with van der Waals surface area (Å²) in [6, 6.07) is 5.61. The number of anilines is 1. The van der Waals surface area contributed by atoms with Gasteiger partial charge in [-0.3, -0.25) is 0 Å². The standard InChI is InChI=1S/C17H26N2O2S2/c1-19-11-12-22-17-10-9-15(13-16(17)19)23(20,21)18-14-7-5-3-2-4-6-8-14/h9-10,13-14,18H,2-8,11-12H2,1H3. The Morgan fingerprint density at radius 2 is 1.83 bits per heavy atom. The largest absolute Gasteiger partial charge is 0.373 e. The maximum atomic E-state index is 12.8. The van der Waals surface area contributed by atoms with Crippen molar-refractivity contribution in [2.24, 2.45) is 0 Å². The molecule has 2 aliphatic rings. The molecule has 1 N–H and O–H groups in total. The Bertz CT molecular complexity index is 638. The SMILES string of the molecule is CN1CCSc2ccc(S(=O)(=O)NC3CCCCCCC3)cc21. The van der Waals surface area contributed by atoms with Crippen LogP contribution in [0.5, 0.6) is 0 Å². The van der Waals surface area contributed by atoms with E-state index < -0.39 is 10.0 Å². The van der Waals surface area contributed by atoms with Crippen LogP contribution in [-0.2, 0) is 10.0 Å². The molecule has 6 heteroatoms. The molecule has 0 radical (unpaired) electrons. The van der Waals surface area contributed by atoms with Crippen molar-refractivity contribution in [2.75, 3.05) is 24.2 Å². The third kappa shape index (κ3) is 4.22. The van der Waals surface area contributed by atoms with E-state index in [0.29, 0.717) is 4.90 Å². The highest BCUT2D eigenvalue weighted by molar-refractivity contribution is 7.99. The summed E-state index contributed by atoms with van der Waals surface area (Å²) in [6.07, 6.45) is 7.89. The van der Waals surface area contributed by atoms with Crippen molar-refractivity contribution in [1.82, 2.24) is 4.72 Å². The Morgan fingerprint density at radius 3 is 2.57 bits per heavy atom. The van der Waals surface area contributed by atoms with Crippen molar-refractivity contribution in [3.05, 3.63) is 18.2 Å². The van der Waals surface area contributed by atoms with Crippen LogP contribution < -0.4 is 9.62 Å². The molecule has 1 saturated carbocycles. The summed E-state index contributed by atoms with van der Waals surface area (Å²) in [7, 11) is -1.41. The van der Waals surface area contributed by atoms with Crippen LogP contribution in [0, 0.1) is 0 Å². The molecule has 0 bridgehead atoms. The number of nitrogens with one attached hydrogen (secondary N) is 1. The molecule has 3 rings (SSSR count). The maximum absolute atomic E-state index is 12.8. The lowest BCUT2D eigenvalue weighted by Crippen LogP contribution is -2.35. The van der Waals surface area contributed by atoms with Crippen LogP contribution in [0.3, 0.4) is 0 Å². The molecule has 1 aliphatic heterocycles. The van der Waals surface area contributed by atoms with Crippen molar-refractivity contribution < 1.29 is 8.42 Å². The molecule has 1 aromatic carbocycles. The minimum Gasteiger partial charge on any atom is -0.373 e. The summed E-state index contributed by atoms with van der Waals surface area (Å²) in [5, 5.41) is 0. The van der Waals surface area contributed by atoms with E-state index in [1.54, 1.807) is 17.8 Å². The number of hydrogen-bond acceptors (Lipinski definition) is 4. The molecule has 0 spiro atoms. The number of rotatable bonds is 3. The van der Waals surface area contributed by atoms with Gasteiger partial charge in [-0.1, -0.05) is 32.1 Å². The summed E-state index contributed by atoms with van der Waals surface area (Å²) in [5.41, 5.74) is 1.03. The quantitative estimate of drug-likeness (QED) is 0.901. The lowest BCUT2D eigenvalue weighted by molar-refractivity contribution is 0.426. The van der Waals surface area contributed by atoms with Crippen molar-refractivity contribution in [3.63, 3.8) is 0 Å². The fourth-order valence-electron chi connectivity index (χ4n) is 3.36. The van der Waals surface area contributed by atoms with Gasteiger partial charge in [0, 0.05) is 30.3 Å². The second-order valence-electron chi connectivity index (χ2n) is 6.56. The summed E-state index contributed by atoms with van der Waals surface area (Å²) in [6.45, 7) is 0.956. The molecular weight excluding hydrogens is 328 g/mol. The Hall–Kier alpha value is -0.720. The van der Waals surface area contributed by atoms with Crippen molar-refractivity contribution >= 4 is 27.5 Å². The number of thioether (sulfide) groups is 1. The number of nitrogens with zero attached hydrogens (tertiary/aromatic N) is 1. The van der Waals surface area contributed by atoms with E-state index >= 15 is 0 Å². The Balaban J connectivity index is 1.77. The third-order valence-corrected chi connectivity index (χ3v) is 7.32. The molecule has 4 nitrogen and oxygen atoms in total. The van der Waals surface area contributed by atoms with Gasteiger partial charge in [0.05, 0.1) is 10.6 Å². The van der Waals surface area contributed by atoms with Gasteiger partial charge in [-0.25, -0.2) is 13.1 Å². The van der Waals surface area contributed by atoms with E-state index in [1.807, 2.05) is 19.2 Å². The van der Waals surface area contributed by atoms with E-state index in [4.69, 9.17) is 0 Å². The van der Waals surface area contributed by atoms with Crippen molar-refractivity contribution in [2.45, 2.75) is 60.8 Å². The lowest BCUT2D eigenvalue weighted by Gasteiger charge is -2.27. The van der Waals surface area contributed by atoms with Crippen LogP contribution in [0.25, 0.3) is 0 Å². The van der Waals surface area contributed by atoms with E-state index in [9.17, 15) is 8.42 Å². The third-order valence-electron chi connectivity index (χ3n) is 4.76. The topological polar surface area (TPSA) is 49.4 Å². The normalized spacial score (nSPS) is 20.7. The van der Waals surface area contributed by atoms with Crippen LogP contribution in [0.2, 0.25) is 0 Å². The van der Waals surface area contributed by atoms with Gasteiger partial charge >= 0.3 is 0 Å². The second kappa shape index (κ2) is 7.45. The lowest BCUT2D eigenvalue weighted by atomic mass is 9.97. The smallest absolute Gasteiger partial charge is 0.240 e. The van der Waals surface area contributed by atoms with Gasteiger partial charge in [0.15, 0.2) is 0 Å². The molecule has 1 heterocycles. The molecule has 1 fully saturated rings. The zero-order valence-corrected chi connectivity index (χ0v) is 15.4. The predicted molar refractivity (Wildman–Crippen MR) is 96.9 cm³/mol. The van der Waals surface area contributed by atoms with Gasteiger partial charge in [-0.15, -0.1) is 11.8 Å². The van der Waals surface area contributed by atoms with Crippen molar-refractivity contribution in [1.29, 1.82) is 0 Å². The molecule has 1 aromatic rings. The molecular formula is C17H26N2O2S2. The summed E-state index contributed by atoms with van der Waals surface area (Å²) < 4.78 is 28.5. The first kappa shape index (κ1) is 17.1. The van der Waals surface area contributed by atoms with Crippen LogP contribution >= 0.6 is 11.8 Å². The Morgan fingerprint density at radius 1 is 1.13 bits per heavy atom. The van der Waals surface area contributed by atoms with Gasteiger partial charge in [0.25, 0.3) is 0 Å². The molecule has 0 aromatic heterocycles. The van der Waals surface area contributed by atoms with Crippen molar-refractivity contribution in [3.8, 4) is 0 Å². The van der Waals surface area contributed by atoms with Gasteiger partial charge < -0.3 is 4.90 Å². The fourth-order valence-corrected chi connectivity index (χ4v) is 5.80. The van der Waals surface area contributed by atoms with Crippen LogP contribution in [0.1, 0.15) is 44.9 Å². The van der Waals surface area contributed by atoms with Gasteiger partial charge in [-0.2, -0.15) is 0 Å². The van der Waals surface area contributed by atoms with Crippen LogP contribution in [-0.4, -0.2) is 33.8 Å². The molecule has 0 saturated heterocycles. The Labute approximate surface area is 144 Å². The zero-order chi connectivity index (χ0) is 16.3. The molecule has 0 unspecified atom stereocenters. The van der Waals surface area contributed by atoms with Gasteiger partial charge in [0.1, 0.15) is 0 Å². The highest BCUT2D eigenvalue weighted by Gasteiger charge is 2.23. The second-order valence-corrected chi connectivity index (χ2v) is 9.41. The average molecular weight is 355 g/mol. The van der Waals surface area contributed by atoms with Crippen LogP contribution in [0.15, 0.2) is 28.0 Å². The van der Waals surface area contributed by atoms with E-state index in [-0.39, 0.29) is 6.04 Å². The average Bonchev–Trinajstić information content (AvgIpc) is 2.50. The zero-order valence-electron chi connectivity index (χ0n) is 13.8. The van der Waals surface area contributed by atoms with Gasteiger partial charge in [0.2, 0.25) is 10.0 Å². The summed E-state index contributed by atoms with van der Waals surface area (Å²) >= 11 is 1.80. The number of hydrogen-bond donors (Lipinski definition) is 1. The number of sulfonamides is 1. The molecule has 23 heavy (non-hydrogen) atoms. The number of benzene rings is 1. The molecule has 1 aliphatic carbocycles. The fraction of sp³-hybridized carbons (Fsp3) is 0.647. The first-order valence-corrected chi connectivity index (χ1v) is 11.0. The molecule has 0 atom stereocenters. The first-order chi connectivity index (χ1) is 11.1. The molecule has 0 amide bonds. The maximum Gasteiger partial charge on any atom is 0.240 e. The van der Waals surface area contributed by atoms with E-state index in [1.165, 1.54) is 24.2 Å². The minimum atomic E-state index is -3.43. The summed E-state index contributed by atoms with van der Waals surface area (Å²) in [4.78, 5) is 3.71. The highest BCUT2D eigenvalue weighted by Crippen LogP contribution is 2.35. The van der Waals surface area contributed by atoms with E-state index in [0.717, 1.165) is 43.7 Å². The predicted octanol–water partition coefficient (Wildman–Crippen LogP) is 3.62. The molecule has 128 valence electrons. The van der Waals surface area contributed by atoms with Crippen LogP contribution in [0.4, 0.5) is 5.69 Å². The monoisotopic (exact) mass is 354 g/mol. The highest BCUT2D eigenvalue weighted by atomic mass is 32.2. The summed E-state index contributed by atoms with van der Waals surface area (Å²) in [5.74, 6) is 1.05. The first-order valence-electron chi connectivity index (χ1n) is 8.56. The van der Waals surface area contributed by atoms with E-state index in [2.05, 4.69) is 9.62 Å². The minimum absolute atomic E-state index is 0.0865.